The van der Waals surface area contributed by atoms with Gasteiger partial charge in [-0.05, 0) is 31.0 Å². The van der Waals surface area contributed by atoms with Gasteiger partial charge in [-0.25, -0.2) is 4.98 Å². The Morgan fingerprint density at radius 3 is 2.69 bits per heavy atom. The fourth-order valence-corrected chi connectivity index (χ4v) is 2.77. The summed E-state index contributed by atoms with van der Waals surface area (Å²) in [6.45, 7) is 3.93. The fraction of sp³-hybridized carbons (Fsp3) is 0.250. The van der Waals surface area contributed by atoms with Crippen LogP contribution < -0.4 is 5.73 Å². The zero-order valence-electron chi connectivity index (χ0n) is 9.20. The molecule has 2 aromatic rings. The van der Waals surface area contributed by atoms with E-state index in [9.17, 15) is 0 Å². The van der Waals surface area contributed by atoms with Gasteiger partial charge >= 0.3 is 0 Å². The van der Waals surface area contributed by atoms with Gasteiger partial charge in [0.05, 0.1) is 16.1 Å². The van der Waals surface area contributed by atoms with Crippen molar-refractivity contribution in [3.63, 3.8) is 0 Å². The summed E-state index contributed by atoms with van der Waals surface area (Å²) in [7, 11) is 0. The van der Waals surface area contributed by atoms with E-state index in [4.69, 9.17) is 17.3 Å². The molecule has 0 radical (unpaired) electrons. The molecule has 0 spiro atoms. The van der Waals surface area contributed by atoms with Crippen molar-refractivity contribution in [1.82, 2.24) is 4.98 Å². The van der Waals surface area contributed by atoms with Gasteiger partial charge in [-0.15, -0.1) is 11.3 Å². The van der Waals surface area contributed by atoms with Crippen LogP contribution in [-0.2, 0) is 0 Å². The van der Waals surface area contributed by atoms with Crippen LogP contribution in [0.4, 0.5) is 0 Å². The zero-order chi connectivity index (χ0) is 11.7. The van der Waals surface area contributed by atoms with Gasteiger partial charge in [0.15, 0.2) is 0 Å². The molecule has 1 atom stereocenters. The Bertz CT molecular complexity index is 505. The summed E-state index contributed by atoms with van der Waals surface area (Å²) >= 11 is 7.82. The van der Waals surface area contributed by atoms with Gasteiger partial charge < -0.3 is 5.73 Å². The summed E-state index contributed by atoms with van der Waals surface area (Å²) in [6, 6.07) is 5.96. The van der Waals surface area contributed by atoms with Crippen molar-refractivity contribution >= 4 is 22.9 Å². The summed E-state index contributed by atoms with van der Waals surface area (Å²) in [5, 5.41) is 0.723. The predicted molar refractivity (Wildman–Crippen MR) is 69.9 cm³/mol. The van der Waals surface area contributed by atoms with Crippen molar-refractivity contribution in [2.24, 2.45) is 5.73 Å². The molecule has 0 amide bonds. The van der Waals surface area contributed by atoms with Crippen molar-refractivity contribution in [3.8, 4) is 10.4 Å². The van der Waals surface area contributed by atoms with E-state index in [-0.39, 0.29) is 6.04 Å². The average molecular weight is 253 g/mol. The summed E-state index contributed by atoms with van der Waals surface area (Å²) < 4.78 is 0. The van der Waals surface area contributed by atoms with E-state index in [1.54, 1.807) is 11.3 Å². The quantitative estimate of drug-likeness (QED) is 0.883. The van der Waals surface area contributed by atoms with Crippen LogP contribution in [0, 0.1) is 6.92 Å². The molecule has 0 aliphatic rings. The highest BCUT2D eigenvalue weighted by Crippen LogP contribution is 2.31. The van der Waals surface area contributed by atoms with Crippen LogP contribution in [0.2, 0.25) is 5.02 Å². The third kappa shape index (κ3) is 2.12. The van der Waals surface area contributed by atoms with E-state index in [0.717, 1.165) is 26.7 Å². The maximum Gasteiger partial charge on any atom is 0.0801 e. The molecular formula is C12H13ClN2S. The molecule has 0 bridgehead atoms. The standard InChI is InChI=1S/C12H13ClN2S/c1-7(14)10-4-3-9(5-11(10)13)12-8(2)15-6-16-12/h3-7H,14H2,1-2H3. The lowest BCUT2D eigenvalue weighted by Gasteiger charge is -2.09. The molecule has 2 N–H and O–H groups in total. The van der Waals surface area contributed by atoms with E-state index in [2.05, 4.69) is 4.98 Å². The number of nitrogens with two attached hydrogens (primary N) is 1. The molecule has 2 nitrogen and oxygen atoms in total. The minimum Gasteiger partial charge on any atom is -0.324 e. The SMILES string of the molecule is Cc1ncsc1-c1ccc(C(C)N)c(Cl)c1. The molecule has 16 heavy (non-hydrogen) atoms. The zero-order valence-corrected chi connectivity index (χ0v) is 10.8. The van der Waals surface area contributed by atoms with Crippen molar-refractivity contribution in [2.45, 2.75) is 19.9 Å². The molecular weight excluding hydrogens is 240 g/mol. The van der Waals surface area contributed by atoms with Gasteiger partial charge in [-0.2, -0.15) is 0 Å². The first-order valence-corrected chi connectivity index (χ1v) is 6.31. The third-order valence-corrected chi connectivity index (χ3v) is 3.80. The van der Waals surface area contributed by atoms with Gasteiger partial charge in [-0.3, -0.25) is 0 Å². The highest BCUT2D eigenvalue weighted by molar-refractivity contribution is 7.13. The highest BCUT2D eigenvalue weighted by Gasteiger charge is 2.09. The Labute approximate surface area is 104 Å². The molecule has 0 saturated carbocycles. The van der Waals surface area contributed by atoms with Gasteiger partial charge in [0.1, 0.15) is 0 Å². The lowest BCUT2D eigenvalue weighted by Crippen LogP contribution is -2.05. The number of halogens is 1. The molecule has 0 aliphatic heterocycles. The number of aryl methyl sites for hydroxylation is 1. The van der Waals surface area contributed by atoms with Gasteiger partial charge in [0, 0.05) is 11.1 Å². The summed E-state index contributed by atoms with van der Waals surface area (Å²) in [4.78, 5) is 5.40. The van der Waals surface area contributed by atoms with Crippen LogP contribution in [0.3, 0.4) is 0 Å². The monoisotopic (exact) mass is 252 g/mol. The largest absolute Gasteiger partial charge is 0.324 e. The minimum absolute atomic E-state index is 0.0379. The first kappa shape index (κ1) is 11.6. The van der Waals surface area contributed by atoms with E-state index >= 15 is 0 Å². The smallest absolute Gasteiger partial charge is 0.0801 e. The van der Waals surface area contributed by atoms with E-state index in [1.165, 1.54) is 0 Å². The number of nitrogens with zero attached hydrogens (tertiary/aromatic N) is 1. The molecule has 0 saturated heterocycles. The fourth-order valence-electron chi connectivity index (χ4n) is 1.62. The molecule has 2 rings (SSSR count). The van der Waals surface area contributed by atoms with E-state index in [0.29, 0.717) is 0 Å². The minimum atomic E-state index is -0.0379. The summed E-state index contributed by atoms with van der Waals surface area (Å²) in [5.74, 6) is 0. The molecule has 1 aromatic heterocycles. The van der Waals surface area contributed by atoms with Crippen LogP contribution in [0.5, 0.6) is 0 Å². The van der Waals surface area contributed by atoms with Crippen molar-refractivity contribution < 1.29 is 0 Å². The Morgan fingerprint density at radius 1 is 1.44 bits per heavy atom. The number of aromatic nitrogens is 1. The van der Waals surface area contributed by atoms with Crippen LogP contribution in [-0.4, -0.2) is 4.98 Å². The molecule has 4 heteroatoms. The Kier molecular flexibility index (Phi) is 3.28. The molecule has 0 aliphatic carbocycles. The second kappa shape index (κ2) is 4.53. The summed E-state index contributed by atoms with van der Waals surface area (Å²) in [5.41, 5.74) is 10.8. The van der Waals surface area contributed by atoms with Crippen molar-refractivity contribution in [1.29, 1.82) is 0 Å². The highest BCUT2D eigenvalue weighted by atomic mass is 35.5. The van der Waals surface area contributed by atoms with Crippen molar-refractivity contribution in [3.05, 3.63) is 40.0 Å². The molecule has 1 heterocycles. The lowest BCUT2D eigenvalue weighted by molar-refractivity contribution is 0.819. The van der Waals surface area contributed by atoms with Gasteiger partial charge in [-0.1, -0.05) is 23.7 Å². The maximum absolute atomic E-state index is 6.20. The second-order valence-corrected chi connectivity index (χ2v) is 5.05. The Morgan fingerprint density at radius 2 is 2.19 bits per heavy atom. The maximum atomic E-state index is 6.20. The van der Waals surface area contributed by atoms with Crippen LogP contribution >= 0.6 is 22.9 Å². The topological polar surface area (TPSA) is 38.9 Å². The van der Waals surface area contributed by atoms with Crippen LogP contribution in [0.25, 0.3) is 10.4 Å². The van der Waals surface area contributed by atoms with Crippen LogP contribution in [0.1, 0.15) is 24.2 Å². The first-order chi connectivity index (χ1) is 7.59. The number of hydrogen-bond acceptors (Lipinski definition) is 3. The predicted octanol–water partition coefficient (Wildman–Crippen LogP) is 3.79. The van der Waals surface area contributed by atoms with Crippen LogP contribution in [0.15, 0.2) is 23.7 Å². The van der Waals surface area contributed by atoms with E-state index in [1.807, 2.05) is 37.6 Å². The summed E-state index contributed by atoms with van der Waals surface area (Å²) in [6.07, 6.45) is 0. The molecule has 1 aromatic carbocycles. The van der Waals surface area contributed by atoms with Gasteiger partial charge in [0.2, 0.25) is 0 Å². The number of thiazole rings is 1. The Balaban J connectivity index is 2.46. The lowest BCUT2D eigenvalue weighted by atomic mass is 10.1. The first-order valence-electron chi connectivity index (χ1n) is 5.05. The molecule has 0 fully saturated rings. The molecule has 84 valence electrons. The van der Waals surface area contributed by atoms with Crippen molar-refractivity contribution in [2.75, 3.05) is 0 Å². The normalized spacial score (nSPS) is 12.8. The number of hydrogen-bond donors (Lipinski definition) is 1. The van der Waals surface area contributed by atoms with E-state index < -0.39 is 0 Å². The number of benzene rings is 1. The average Bonchev–Trinajstić information content (AvgIpc) is 2.63. The number of rotatable bonds is 2. The second-order valence-electron chi connectivity index (χ2n) is 3.79. The Hall–Kier alpha value is -0.900. The molecule has 1 unspecified atom stereocenters. The van der Waals surface area contributed by atoms with Gasteiger partial charge in [0.25, 0.3) is 0 Å². The third-order valence-electron chi connectivity index (χ3n) is 2.50.